The third-order valence-corrected chi connectivity index (χ3v) is 2.93. The van der Waals surface area contributed by atoms with Gasteiger partial charge in [0, 0.05) is 12.1 Å². The first-order chi connectivity index (χ1) is 8.70. The maximum atomic E-state index is 5.50. The lowest BCUT2D eigenvalue weighted by Gasteiger charge is -2.04. The van der Waals surface area contributed by atoms with Gasteiger partial charge < -0.3 is 9.73 Å². The van der Waals surface area contributed by atoms with Crippen molar-refractivity contribution >= 4 is 0 Å². The second-order valence-electron chi connectivity index (χ2n) is 4.70. The Bertz CT molecular complexity index is 485. The fourth-order valence-electron chi connectivity index (χ4n) is 1.78. The predicted octanol–water partition coefficient (Wildman–Crippen LogP) is 3.57. The summed E-state index contributed by atoms with van der Waals surface area (Å²) in [5, 5.41) is 3.23. The third kappa shape index (κ3) is 2.99. The molecule has 0 amide bonds. The van der Waals surface area contributed by atoms with Gasteiger partial charge in [-0.25, -0.2) is 4.98 Å². The van der Waals surface area contributed by atoms with E-state index in [4.69, 9.17) is 4.42 Å². The quantitative estimate of drug-likeness (QED) is 0.873. The summed E-state index contributed by atoms with van der Waals surface area (Å²) in [5.74, 6) is 1.24. The maximum absolute atomic E-state index is 5.50. The highest BCUT2D eigenvalue weighted by Gasteiger charge is 2.07. The van der Waals surface area contributed by atoms with Crippen LogP contribution in [-0.4, -0.2) is 11.5 Å². The number of benzene rings is 1. The molecule has 2 rings (SSSR count). The molecule has 0 bridgehead atoms. The van der Waals surface area contributed by atoms with Crippen LogP contribution in [0.5, 0.6) is 0 Å². The predicted molar refractivity (Wildman–Crippen MR) is 73.4 cm³/mol. The van der Waals surface area contributed by atoms with Crippen LogP contribution in [0.4, 0.5) is 0 Å². The van der Waals surface area contributed by atoms with Crippen LogP contribution in [0.25, 0.3) is 11.5 Å². The summed E-state index contributed by atoms with van der Waals surface area (Å²) < 4.78 is 5.50. The maximum Gasteiger partial charge on any atom is 0.226 e. The number of nitrogens with one attached hydrogen (secondary N) is 1. The second kappa shape index (κ2) is 5.83. The first-order valence-electron chi connectivity index (χ1n) is 6.46. The smallest absolute Gasteiger partial charge is 0.226 e. The van der Waals surface area contributed by atoms with E-state index in [-0.39, 0.29) is 0 Å². The zero-order valence-corrected chi connectivity index (χ0v) is 11.2. The molecule has 0 aliphatic rings. The molecule has 2 aromatic rings. The largest absolute Gasteiger partial charge is 0.444 e. The second-order valence-corrected chi connectivity index (χ2v) is 4.70. The van der Waals surface area contributed by atoms with Crippen molar-refractivity contribution in [3.8, 4) is 11.5 Å². The highest BCUT2D eigenvalue weighted by atomic mass is 16.3. The zero-order valence-electron chi connectivity index (χ0n) is 11.2. The molecule has 0 saturated carbocycles. The summed E-state index contributed by atoms with van der Waals surface area (Å²) in [7, 11) is 0. The Morgan fingerprint density at radius 2 is 1.94 bits per heavy atom. The molecule has 18 heavy (non-hydrogen) atoms. The molecule has 0 atom stereocenters. The van der Waals surface area contributed by atoms with E-state index in [0.717, 1.165) is 24.3 Å². The van der Waals surface area contributed by atoms with E-state index >= 15 is 0 Å². The zero-order chi connectivity index (χ0) is 13.0. The molecule has 0 spiro atoms. The summed E-state index contributed by atoms with van der Waals surface area (Å²) in [4.78, 5) is 4.46. The van der Waals surface area contributed by atoms with Gasteiger partial charge in [0.05, 0.1) is 5.69 Å². The van der Waals surface area contributed by atoms with Crippen molar-refractivity contribution in [2.45, 2.75) is 33.2 Å². The van der Waals surface area contributed by atoms with Crippen LogP contribution < -0.4 is 5.32 Å². The summed E-state index contributed by atoms with van der Waals surface area (Å²) in [6, 6.07) is 8.40. The first kappa shape index (κ1) is 12.8. The van der Waals surface area contributed by atoms with E-state index in [1.54, 1.807) is 6.26 Å². The Labute approximate surface area is 108 Å². The summed E-state index contributed by atoms with van der Waals surface area (Å²) in [6.07, 6.45) is 1.72. The normalized spacial score (nSPS) is 11.1. The van der Waals surface area contributed by atoms with Crippen LogP contribution in [0.3, 0.4) is 0 Å². The Morgan fingerprint density at radius 1 is 1.22 bits per heavy atom. The van der Waals surface area contributed by atoms with Crippen LogP contribution >= 0.6 is 0 Å². The molecule has 0 unspecified atom stereocenters. The molecule has 1 aromatic heterocycles. The van der Waals surface area contributed by atoms with Gasteiger partial charge in [-0.05, 0) is 30.2 Å². The van der Waals surface area contributed by atoms with Gasteiger partial charge in [0.15, 0.2) is 0 Å². The van der Waals surface area contributed by atoms with E-state index in [0.29, 0.717) is 11.8 Å². The third-order valence-electron chi connectivity index (χ3n) is 2.93. The van der Waals surface area contributed by atoms with E-state index in [1.165, 1.54) is 5.56 Å². The molecule has 1 heterocycles. The van der Waals surface area contributed by atoms with E-state index in [1.807, 2.05) is 0 Å². The van der Waals surface area contributed by atoms with Crippen LogP contribution in [-0.2, 0) is 6.54 Å². The lowest BCUT2D eigenvalue weighted by molar-refractivity contribution is 0.570. The molecule has 0 aliphatic heterocycles. The SMILES string of the molecule is CCNCc1coc(-c2ccc(C(C)C)cc2)n1. The average molecular weight is 244 g/mol. The first-order valence-corrected chi connectivity index (χ1v) is 6.46. The number of rotatable bonds is 5. The Kier molecular flexibility index (Phi) is 4.15. The Morgan fingerprint density at radius 3 is 2.56 bits per heavy atom. The van der Waals surface area contributed by atoms with Gasteiger partial charge in [-0.1, -0.05) is 32.9 Å². The van der Waals surface area contributed by atoms with Crippen molar-refractivity contribution < 1.29 is 4.42 Å². The minimum Gasteiger partial charge on any atom is -0.444 e. The van der Waals surface area contributed by atoms with Crippen molar-refractivity contribution in [1.82, 2.24) is 10.3 Å². The van der Waals surface area contributed by atoms with Gasteiger partial charge in [0.1, 0.15) is 6.26 Å². The number of aromatic nitrogens is 1. The number of oxazole rings is 1. The molecule has 96 valence electrons. The van der Waals surface area contributed by atoms with Crippen molar-refractivity contribution in [1.29, 1.82) is 0 Å². The molecular formula is C15H20N2O. The molecule has 0 fully saturated rings. The highest BCUT2D eigenvalue weighted by molar-refractivity contribution is 5.53. The van der Waals surface area contributed by atoms with E-state index < -0.39 is 0 Å². The monoisotopic (exact) mass is 244 g/mol. The minimum absolute atomic E-state index is 0.549. The standard InChI is InChI=1S/C15H20N2O/c1-4-16-9-14-10-18-15(17-14)13-7-5-12(6-8-13)11(2)3/h5-8,10-11,16H,4,9H2,1-3H3. The summed E-state index contributed by atoms with van der Waals surface area (Å²) >= 11 is 0. The van der Waals surface area contributed by atoms with Crippen molar-refractivity contribution in [2.24, 2.45) is 0 Å². The van der Waals surface area contributed by atoms with Crippen molar-refractivity contribution in [2.75, 3.05) is 6.54 Å². The molecule has 3 nitrogen and oxygen atoms in total. The number of hydrogen-bond donors (Lipinski definition) is 1. The van der Waals surface area contributed by atoms with Gasteiger partial charge in [0.25, 0.3) is 0 Å². The van der Waals surface area contributed by atoms with Crippen molar-refractivity contribution in [3.63, 3.8) is 0 Å². The van der Waals surface area contributed by atoms with Gasteiger partial charge in [0.2, 0.25) is 5.89 Å². The topological polar surface area (TPSA) is 38.1 Å². The van der Waals surface area contributed by atoms with Gasteiger partial charge in [-0.15, -0.1) is 0 Å². The molecule has 3 heteroatoms. The lowest BCUT2D eigenvalue weighted by Crippen LogP contribution is -2.11. The Balaban J connectivity index is 2.13. The highest BCUT2D eigenvalue weighted by Crippen LogP contribution is 2.22. The van der Waals surface area contributed by atoms with Crippen molar-refractivity contribution in [3.05, 3.63) is 41.8 Å². The fraction of sp³-hybridized carbons (Fsp3) is 0.400. The van der Waals surface area contributed by atoms with Crippen LogP contribution in [0.1, 0.15) is 37.9 Å². The summed E-state index contributed by atoms with van der Waals surface area (Å²) in [5.41, 5.74) is 3.31. The number of nitrogens with zero attached hydrogens (tertiary/aromatic N) is 1. The molecule has 1 aromatic carbocycles. The van der Waals surface area contributed by atoms with E-state index in [2.05, 4.69) is 55.3 Å². The average Bonchev–Trinajstić information content (AvgIpc) is 2.85. The van der Waals surface area contributed by atoms with Gasteiger partial charge in [-0.3, -0.25) is 0 Å². The lowest BCUT2D eigenvalue weighted by atomic mass is 10.0. The van der Waals surface area contributed by atoms with E-state index in [9.17, 15) is 0 Å². The summed E-state index contributed by atoms with van der Waals surface area (Å²) in [6.45, 7) is 8.14. The fourth-order valence-corrected chi connectivity index (χ4v) is 1.78. The molecule has 1 N–H and O–H groups in total. The van der Waals surface area contributed by atoms with Crippen LogP contribution in [0, 0.1) is 0 Å². The number of hydrogen-bond acceptors (Lipinski definition) is 3. The molecule has 0 saturated heterocycles. The van der Waals surface area contributed by atoms with Crippen LogP contribution in [0.15, 0.2) is 34.9 Å². The van der Waals surface area contributed by atoms with Gasteiger partial charge >= 0.3 is 0 Å². The molecule has 0 radical (unpaired) electrons. The minimum atomic E-state index is 0.549. The molecular weight excluding hydrogens is 224 g/mol. The van der Waals surface area contributed by atoms with Crippen LogP contribution in [0.2, 0.25) is 0 Å². The molecule has 0 aliphatic carbocycles. The Hall–Kier alpha value is -1.61. The van der Waals surface area contributed by atoms with Gasteiger partial charge in [-0.2, -0.15) is 0 Å².